The van der Waals surface area contributed by atoms with Gasteiger partial charge in [-0.05, 0) is 68.4 Å². The molecule has 0 bridgehead atoms. The van der Waals surface area contributed by atoms with E-state index in [0.717, 1.165) is 25.9 Å². The second kappa shape index (κ2) is 8.14. The van der Waals surface area contributed by atoms with Gasteiger partial charge in [-0.1, -0.05) is 17.7 Å². The maximum Gasteiger partial charge on any atom is 0.255 e. The number of benzene rings is 2. The average molecular weight is 358 g/mol. The molecule has 1 fully saturated rings. The average Bonchev–Trinajstić information content (AvgIpc) is 3.09. The Hall–Kier alpha value is -2.37. The van der Waals surface area contributed by atoms with Crippen LogP contribution in [0.5, 0.6) is 0 Å². The van der Waals surface area contributed by atoms with Crippen molar-refractivity contribution >= 4 is 34.8 Å². The zero-order valence-electron chi connectivity index (χ0n) is 13.8. The quantitative estimate of drug-likeness (QED) is 0.859. The highest BCUT2D eigenvalue weighted by molar-refractivity contribution is 6.31. The minimum absolute atomic E-state index is 0.0161. The predicted octanol–water partition coefficient (Wildman–Crippen LogP) is 3.63. The molecule has 0 radical (unpaired) electrons. The van der Waals surface area contributed by atoms with Crippen LogP contribution in [0, 0.1) is 0 Å². The minimum Gasteiger partial charge on any atom is -0.325 e. The number of amides is 2. The van der Waals surface area contributed by atoms with Crippen molar-refractivity contribution in [2.75, 3.05) is 30.3 Å². The number of carbonyl (C=O) groups is 2. The first-order valence-electron chi connectivity index (χ1n) is 8.29. The van der Waals surface area contributed by atoms with E-state index >= 15 is 0 Å². The fourth-order valence-corrected chi connectivity index (χ4v) is 3.00. The molecule has 0 spiro atoms. The standard InChI is InChI=1S/C19H20ClN3O2/c20-15-5-3-4-14(12-15)19(25)22-17-8-6-16(7-9-17)21-18(24)13-23-10-1-2-11-23/h3-9,12H,1-2,10-11,13H2,(H,21,24)(H,22,25). The largest absolute Gasteiger partial charge is 0.325 e. The van der Waals surface area contributed by atoms with Crippen molar-refractivity contribution in [3.05, 3.63) is 59.1 Å². The first-order chi connectivity index (χ1) is 12.1. The molecule has 1 aliphatic heterocycles. The van der Waals surface area contributed by atoms with Crippen molar-refractivity contribution < 1.29 is 9.59 Å². The summed E-state index contributed by atoms with van der Waals surface area (Å²) < 4.78 is 0. The lowest BCUT2D eigenvalue weighted by Crippen LogP contribution is -2.30. The lowest BCUT2D eigenvalue weighted by Gasteiger charge is -2.14. The summed E-state index contributed by atoms with van der Waals surface area (Å²) in [7, 11) is 0. The Bertz CT molecular complexity index is 756. The number of likely N-dealkylation sites (tertiary alicyclic amines) is 1. The summed E-state index contributed by atoms with van der Waals surface area (Å²) in [6.45, 7) is 2.40. The fourth-order valence-electron chi connectivity index (χ4n) is 2.81. The topological polar surface area (TPSA) is 61.4 Å². The summed E-state index contributed by atoms with van der Waals surface area (Å²) in [6, 6.07) is 13.8. The van der Waals surface area contributed by atoms with Gasteiger partial charge >= 0.3 is 0 Å². The van der Waals surface area contributed by atoms with Crippen molar-refractivity contribution in [2.24, 2.45) is 0 Å². The van der Waals surface area contributed by atoms with Crippen LogP contribution in [0.3, 0.4) is 0 Å². The van der Waals surface area contributed by atoms with E-state index in [1.165, 1.54) is 0 Å². The van der Waals surface area contributed by atoms with E-state index in [2.05, 4.69) is 15.5 Å². The second-order valence-corrected chi connectivity index (χ2v) is 6.51. The molecule has 1 aliphatic rings. The van der Waals surface area contributed by atoms with Crippen molar-refractivity contribution in [3.8, 4) is 0 Å². The highest BCUT2D eigenvalue weighted by Crippen LogP contribution is 2.16. The van der Waals surface area contributed by atoms with Crippen LogP contribution >= 0.6 is 11.6 Å². The summed E-state index contributed by atoms with van der Waals surface area (Å²) in [4.78, 5) is 26.3. The van der Waals surface area contributed by atoms with Crippen LogP contribution < -0.4 is 10.6 Å². The normalized spacial score (nSPS) is 14.3. The summed E-state index contributed by atoms with van der Waals surface area (Å²) in [5.41, 5.74) is 1.86. The number of anilines is 2. The second-order valence-electron chi connectivity index (χ2n) is 6.07. The molecule has 2 aromatic rings. The van der Waals surface area contributed by atoms with Crippen molar-refractivity contribution in [1.82, 2.24) is 4.90 Å². The third-order valence-corrected chi connectivity index (χ3v) is 4.31. The van der Waals surface area contributed by atoms with Crippen LogP contribution in [0.1, 0.15) is 23.2 Å². The molecule has 0 aromatic heterocycles. The fraction of sp³-hybridized carbons (Fsp3) is 0.263. The predicted molar refractivity (Wildman–Crippen MR) is 100 cm³/mol. The van der Waals surface area contributed by atoms with Crippen molar-refractivity contribution in [3.63, 3.8) is 0 Å². The molecule has 2 N–H and O–H groups in total. The summed E-state index contributed by atoms with van der Waals surface area (Å²) in [6.07, 6.45) is 2.32. The third-order valence-electron chi connectivity index (χ3n) is 4.08. The molecule has 0 saturated carbocycles. The van der Waals surface area contributed by atoms with Crippen LogP contribution in [0.25, 0.3) is 0 Å². The molecule has 130 valence electrons. The van der Waals surface area contributed by atoms with E-state index < -0.39 is 0 Å². The van der Waals surface area contributed by atoms with E-state index in [1.807, 2.05) is 0 Å². The maximum atomic E-state index is 12.2. The maximum absolute atomic E-state index is 12.2. The number of hydrogen-bond donors (Lipinski definition) is 2. The molecular weight excluding hydrogens is 338 g/mol. The van der Waals surface area contributed by atoms with Gasteiger partial charge in [-0.15, -0.1) is 0 Å². The van der Waals surface area contributed by atoms with Gasteiger partial charge in [-0.2, -0.15) is 0 Å². The Balaban J connectivity index is 1.54. The zero-order chi connectivity index (χ0) is 17.6. The van der Waals surface area contributed by atoms with E-state index in [4.69, 9.17) is 11.6 Å². The van der Waals surface area contributed by atoms with Gasteiger partial charge in [0.2, 0.25) is 5.91 Å². The van der Waals surface area contributed by atoms with Gasteiger partial charge in [-0.25, -0.2) is 0 Å². The van der Waals surface area contributed by atoms with Gasteiger partial charge in [0.05, 0.1) is 6.54 Å². The summed E-state index contributed by atoms with van der Waals surface area (Å²) >= 11 is 5.90. The molecule has 2 aromatic carbocycles. The van der Waals surface area contributed by atoms with E-state index in [0.29, 0.717) is 28.5 Å². The first-order valence-corrected chi connectivity index (χ1v) is 8.67. The van der Waals surface area contributed by atoms with E-state index in [-0.39, 0.29) is 11.8 Å². The van der Waals surface area contributed by atoms with Crippen LogP contribution in [-0.2, 0) is 4.79 Å². The first kappa shape index (κ1) is 17.5. The molecule has 0 atom stereocenters. The SMILES string of the molecule is O=C(CN1CCCC1)Nc1ccc(NC(=O)c2cccc(Cl)c2)cc1. The molecular formula is C19H20ClN3O2. The lowest BCUT2D eigenvalue weighted by molar-refractivity contribution is -0.117. The van der Waals surface area contributed by atoms with Crippen LogP contribution in [-0.4, -0.2) is 36.3 Å². The van der Waals surface area contributed by atoms with Crippen LogP contribution in [0.15, 0.2) is 48.5 Å². The van der Waals surface area contributed by atoms with Crippen molar-refractivity contribution in [1.29, 1.82) is 0 Å². The van der Waals surface area contributed by atoms with Crippen LogP contribution in [0.2, 0.25) is 5.02 Å². The molecule has 2 amide bonds. The molecule has 5 nitrogen and oxygen atoms in total. The lowest BCUT2D eigenvalue weighted by atomic mass is 10.2. The molecule has 3 rings (SSSR count). The Morgan fingerprint density at radius 1 is 0.960 bits per heavy atom. The van der Waals surface area contributed by atoms with Gasteiger partial charge < -0.3 is 10.6 Å². The Morgan fingerprint density at radius 3 is 2.24 bits per heavy atom. The summed E-state index contributed by atoms with van der Waals surface area (Å²) in [5.74, 6) is -0.245. The number of rotatable bonds is 5. The Labute approximate surface area is 152 Å². The third kappa shape index (κ3) is 5.05. The molecule has 6 heteroatoms. The summed E-state index contributed by atoms with van der Waals surface area (Å²) in [5, 5.41) is 6.20. The molecule has 0 aliphatic carbocycles. The van der Waals surface area contributed by atoms with Gasteiger partial charge in [0.25, 0.3) is 5.91 Å². The van der Waals surface area contributed by atoms with Crippen LogP contribution in [0.4, 0.5) is 11.4 Å². The number of nitrogens with one attached hydrogen (secondary N) is 2. The molecule has 0 unspecified atom stereocenters. The van der Waals surface area contributed by atoms with Gasteiger partial charge in [0.1, 0.15) is 0 Å². The van der Waals surface area contributed by atoms with E-state index in [9.17, 15) is 9.59 Å². The Kier molecular flexibility index (Phi) is 5.68. The minimum atomic E-state index is -0.228. The molecule has 1 heterocycles. The van der Waals surface area contributed by atoms with Crippen molar-refractivity contribution in [2.45, 2.75) is 12.8 Å². The van der Waals surface area contributed by atoms with Gasteiger partial charge in [0, 0.05) is 22.0 Å². The molecule has 25 heavy (non-hydrogen) atoms. The monoisotopic (exact) mass is 357 g/mol. The number of hydrogen-bond acceptors (Lipinski definition) is 3. The highest BCUT2D eigenvalue weighted by atomic mass is 35.5. The van der Waals surface area contributed by atoms with E-state index in [1.54, 1.807) is 48.5 Å². The number of carbonyl (C=O) groups excluding carboxylic acids is 2. The number of halogens is 1. The highest BCUT2D eigenvalue weighted by Gasteiger charge is 2.15. The molecule has 1 saturated heterocycles. The van der Waals surface area contributed by atoms with Gasteiger partial charge in [-0.3, -0.25) is 14.5 Å². The smallest absolute Gasteiger partial charge is 0.255 e. The Morgan fingerprint density at radius 2 is 1.60 bits per heavy atom. The number of nitrogens with zero attached hydrogens (tertiary/aromatic N) is 1. The zero-order valence-corrected chi connectivity index (χ0v) is 14.6. The van der Waals surface area contributed by atoms with Gasteiger partial charge in [0.15, 0.2) is 0 Å².